The van der Waals surface area contributed by atoms with Crippen molar-refractivity contribution < 1.29 is 17.2 Å². The average Bonchev–Trinajstić information content (AvgIpc) is 3.54. The Balaban J connectivity index is 1.63. The van der Waals surface area contributed by atoms with Crippen molar-refractivity contribution in [1.29, 1.82) is 0 Å². The van der Waals surface area contributed by atoms with E-state index in [0.717, 1.165) is 16.9 Å². The quantitative estimate of drug-likeness (QED) is 0.333. The zero-order valence-corrected chi connectivity index (χ0v) is 23.0. The fourth-order valence-electron chi connectivity index (χ4n) is 4.76. The highest BCUT2D eigenvalue weighted by Gasteiger charge is 2.45. The lowest BCUT2D eigenvalue weighted by Gasteiger charge is -2.18. The maximum Gasteiger partial charge on any atom is 0.274 e. The zero-order chi connectivity index (χ0) is 27.7. The molecule has 3 heterocycles. The molecule has 0 aliphatic heterocycles. The molecule has 0 spiro atoms. The molecule has 198 valence electrons. The third-order valence-electron chi connectivity index (χ3n) is 6.62. The first-order valence-electron chi connectivity index (χ1n) is 11.4. The Morgan fingerprint density at radius 2 is 1.79 bits per heavy atom. The Kier molecular flexibility index (Phi) is 6.44. The summed E-state index contributed by atoms with van der Waals surface area (Å²) < 4.78 is 56.2. The van der Waals surface area contributed by atoms with E-state index < -0.39 is 37.6 Å². The van der Waals surface area contributed by atoms with Gasteiger partial charge in [-0.3, -0.25) is 14.3 Å². The lowest BCUT2D eigenvalue weighted by atomic mass is 10.1. The molecule has 2 atom stereocenters. The summed E-state index contributed by atoms with van der Waals surface area (Å²) in [6.07, 6.45) is 2.82. The Bertz CT molecular complexity index is 1800. The van der Waals surface area contributed by atoms with Crippen molar-refractivity contribution in [3.8, 4) is 16.9 Å². The van der Waals surface area contributed by atoms with E-state index in [1.165, 1.54) is 23.1 Å². The third kappa shape index (κ3) is 4.32. The minimum atomic E-state index is -3.92. The lowest BCUT2D eigenvalue weighted by molar-refractivity contribution is 0.569. The summed E-state index contributed by atoms with van der Waals surface area (Å²) >= 11 is 12.7. The molecule has 1 aromatic carbocycles. The molecule has 1 fully saturated rings. The summed E-state index contributed by atoms with van der Waals surface area (Å²) in [6.45, 7) is 3.19. The Hall–Kier alpha value is -3.15. The highest BCUT2D eigenvalue weighted by molar-refractivity contribution is 7.90. The topological polar surface area (TPSA) is 99.7 Å². The smallest absolute Gasteiger partial charge is 0.274 e. The van der Waals surface area contributed by atoms with Gasteiger partial charge in [0.1, 0.15) is 21.3 Å². The van der Waals surface area contributed by atoms with Crippen LogP contribution in [-0.4, -0.2) is 39.2 Å². The zero-order valence-electron chi connectivity index (χ0n) is 20.6. The highest BCUT2D eigenvalue weighted by Crippen LogP contribution is 2.56. The van der Waals surface area contributed by atoms with Crippen molar-refractivity contribution in [2.45, 2.75) is 37.0 Å². The highest BCUT2D eigenvalue weighted by atomic mass is 35.5. The fourth-order valence-corrected chi connectivity index (χ4v) is 6.08. The molecule has 0 unspecified atom stereocenters. The third-order valence-corrected chi connectivity index (χ3v) is 8.38. The van der Waals surface area contributed by atoms with E-state index in [-0.39, 0.29) is 33.3 Å². The Morgan fingerprint density at radius 3 is 2.42 bits per heavy atom. The average molecular weight is 580 g/mol. The number of rotatable bonds is 5. The van der Waals surface area contributed by atoms with Gasteiger partial charge < -0.3 is 0 Å². The Labute approximate surface area is 226 Å². The summed E-state index contributed by atoms with van der Waals surface area (Å²) in [5.41, 5.74) is 0.334. The molecule has 5 rings (SSSR count). The van der Waals surface area contributed by atoms with Crippen LogP contribution < -0.4 is 5.56 Å². The number of benzene rings is 1. The van der Waals surface area contributed by atoms with Crippen LogP contribution in [0, 0.1) is 25.5 Å². The maximum atomic E-state index is 16.0. The van der Waals surface area contributed by atoms with Crippen LogP contribution in [0.5, 0.6) is 0 Å². The first-order valence-corrected chi connectivity index (χ1v) is 14.1. The molecule has 8 nitrogen and oxygen atoms in total. The van der Waals surface area contributed by atoms with Gasteiger partial charge in [0.25, 0.3) is 5.56 Å². The first kappa shape index (κ1) is 26.5. The minimum absolute atomic E-state index is 0.0561. The molecule has 0 radical (unpaired) electrons. The van der Waals surface area contributed by atoms with Crippen molar-refractivity contribution >= 4 is 33.0 Å². The van der Waals surface area contributed by atoms with E-state index in [0.29, 0.717) is 28.9 Å². The van der Waals surface area contributed by atoms with E-state index in [9.17, 15) is 13.2 Å². The van der Waals surface area contributed by atoms with Crippen LogP contribution in [0.2, 0.25) is 10.2 Å². The van der Waals surface area contributed by atoms with Crippen molar-refractivity contribution in [3.05, 3.63) is 85.1 Å². The van der Waals surface area contributed by atoms with Gasteiger partial charge in [0.05, 0.1) is 5.69 Å². The fraction of sp³-hybridized carbons (Fsp3) is 0.280. The number of nitrogens with zero attached hydrogens (tertiary/aromatic N) is 5. The van der Waals surface area contributed by atoms with Gasteiger partial charge in [0.2, 0.25) is 0 Å². The lowest BCUT2D eigenvalue weighted by Crippen LogP contribution is -2.24. The molecule has 13 heteroatoms. The second-order valence-electron chi connectivity index (χ2n) is 9.35. The van der Waals surface area contributed by atoms with Crippen LogP contribution in [0.4, 0.5) is 8.78 Å². The maximum absolute atomic E-state index is 16.0. The molecule has 0 N–H and O–H groups in total. The minimum Gasteiger partial charge on any atom is -0.277 e. The van der Waals surface area contributed by atoms with Crippen LogP contribution in [0.3, 0.4) is 0 Å². The number of hydrogen-bond acceptors (Lipinski definition) is 6. The molecule has 0 bridgehead atoms. The van der Waals surface area contributed by atoms with E-state index in [2.05, 4.69) is 15.2 Å². The summed E-state index contributed by atoms with van der Waals surface area (Å²) in [4.78, 5) is 18.3. The molecule has 1 saturated carbocycles. The molecular formula is C25H21Cl2F2N5O3S. The number of hydrogen-bond donors (Lipinski definition) is 0. The van der Waals surface area contributed by atoms with Crippen LogP contribution in [0.25, 0.3) is 16.9 Å². The summed E-state index contributed by atoms with van der Waals surface area (Å²) in [6, 6.07) is 5.33. The van der Waals surface area contributed by atoms with Gasteiger partial charge in [-0.05, 0) is 55.5 Å². The van der Waals surface area contributed by atoms with Crippen LogP contribution in [0.15, 0.2) is 40.2 Å². The van der Waals surface area contributed by atoms with Gasteiger partial charge >= 0.3 is 0 Å². The van der Waals surface area contributed by atoms with Crippen LogP contribution in [-0.2, 0) is 16.9 Å². The number of sulfone groups is 1. The monoisotopic (exact) mass is 579 g/mol. The van der Waals surface area contributed by atoms with E-state index in [1.807, 2.05) is 0 Å². The second-order valence-corrected chi connectivity index (χ2v) is 12.1. The largest absolute Gasteiger partial charge is 0.277 e. The van der Waals surface area contributed by atoms with Crippen molar-refractivity contribution in [1.82, 2.24) is 24.5 Å². The normalized spacial score (nSPS) is 17.2. The van der Waals surface area contributed by atoms with E-state index in [1.54, 1.807) is 27.0 Å². The molecule has 4 aromatic rings. The first-order chi connectivity index (χ1) is 17.8. The summed E-state index contributed by atoms with van der Waals surface area (Å²) in [5, 5.41) is 8.56. The van der Waals surface area contributed by atoms with Crippen molar-refractivity contribution in [3.63, 3.8) is 0 Å². The summed E-state index contributed by atoms with van der Waals surface area (Å²) in [5.74, 6) is -2.28. The molecule has 1 aliphatic rings. The second kappa shape index (κ2) is 9.25. The number of aromatic nitrogens is 5. The van der Waals surface area contributed by atoms with E-state index >= 15 is 8.78 Å². The SMILES string of the molecule is Cc1cnc(-c2cccc(S(C)(=O)=O)c2F)c(F)c1-n1c(C)cc([C@H]2C[C@@H]2c2nn(C)nc2Cl)c(Cl)c1=O. The number of pyridine rings is 2. The molecule has 0 amide bonds. The summed E-state index contributed by atoms with van der Waals surface area (Å²) in [7, 11) is -2.25. The van der Waals surface area contributed by atoms with Crippen LogP contribution in [0.1, 0.15) is 40.8 Å². The number of aryl methyl sites for hydroxylation is 3. The van der Waals surface area contributed by atoms with Gasteiger partial charge in [-0.25, -0.2) is 17.2 Å². The predicted molar refractivity (Wildman–Crippen MR) is 139 cm³/mol. The molecule has 0 saturated heterocycles. The molecule has 1 aliphatic carbocycles. The predicted octanol–water partition coefficient (Wildman–Crippen LogP) is 4.90. The van der Waals surface area contributed by atoms with Crippen molar-refractivity contribution in [2.75, 3.05) is 6.26 Å². The standard InChI is InChI=1S/C25H21Cl2F2N5O3S/c1-11-10-30-21(13-6-5-7-17(19(13)28)38(4,36)37)20(29)23(11)34-12(2)8-15(18(26)25(34)35)14-9-16(14)22-24(27)32-33(3)31-22/h5-8,10,14,16H,9H2,1-4H3/t14-,16+/m1/s1. The van der Waals surface area contributed by atoms with Gasteiger partial charge in [-0.1, -0.05) is 29.3 Å². The van der Waals surface area contributed by atoms with Gasteiger partial charge in [-0.15, -0.1) is 5.10 Å². The molecule has 3 aromatic heterocycles. The van der Waals surface area contributed by atoms with E-state index in [4.69, 9.17) is 23.2 Å². The Morgan fingerprint density at radius 1 is 1.08 bits per heavy atom. The van der Waals surface area contributed by atoms with Gasteiger partial charge in [0, 0.05) is 36.7 Å². The van der Waals surface area contributed by atoms with Crippen LogP contribution >= 0.6 is 23.2 Å². The van der Waals surface area contributed by atoms with Crippen molar-refractivity contribution in [2.24, 2.45) is 7.05 Å². The molecule has 38 heavy (non-hydrogen) atoms. The van der Waals surface area contributed by atoms with Gasteiger partial charge in [-0.2, -0.15) is 9.90 Å². The number of halogens is 4. The molecular weight excluding hydrogens is 559 g/mol. The van der Waals surface area contributed by atoms with Gasteiger partial charge in [0.15, 0.2) is 26.6 Å².